The van der Waals surface area contributed by atoms with Crippen molar-refractivity contribution < 1.29 is 22.4 Å². The highest BCUT2D eigenvalue weighted by Crippen LogP contribution is 2.30. The number of halogens is 4. The van der Waals surface area contributed by atoms with Gasteiger partial charge in [0.2, 0.25) is 0 Å². The highest BCUT2D eigenvalue weighted by Gasteiger charge is 2.38. The molecule has 0 spiro atoms. The number of hydrogen-bond donors (Lipinski definition) is 3. The zero-order valence-corrected chi connectivity index (χ0v) is 17.2. The first-order valence-corrected chi connectivity index (χ1v) is 9.98. The van der Waals surface area contributed by atoms with E-state index >= 15 is 0 Å². The molecule has 1 saturated heterocycles. The molecule has 0 aliphatic carbocycles. The Labute approximate surface area is 186 Å². The Morgan fingerprint density at radius 3 is 2.61 bits per heavy atom. The number of pyridine rings is 1. The molecule has 6 nitrogen and oxygen atoms in total. The van der Waals surface area contributed by atoms with Crippen molar-refractivity contribution in [3.8, 4) is 11.1 Å². The number of rotatable bonds is 5. The molecule has 1 aliphatic rings. The zero-order chi connectivity index (χ0) is 23.8. The molecule has 2 aromatic carbocycles. The molecule has 4 N–H and O–H groups in total. The monoisotopic (exact) mass is 457 g/mol. The maximum atomic E-state index is 14.2. The van der Waals surface area contributed by atoms with Crippen LogP contribution in [0, 0.1) is 17.0 Å². The van der Waals surface area contributed by atoms with Crippen LogP contribution in [0.2, 0.25) is 0 Å². The lowest BCUT2D eigenvalue weighted by atomic mass is 9.98. The van der Waals surface area contributed by atoms with Crippen LogP contribution in [0.4, 0.5) is 34.8 Å². The standard InChI is InChI=1S/C23H19F4N5O/c24-17-3-1-2-15(20(17)25)13-4-6-18(28)16(10-13)21(29)22(33)31-14-5-7-19(30-11-14)32-9-8-23(26,27)12-32/h1-7,10-11,29H,8-9,12,28H2,(H,31,33). The van der Waals surface area contributed by atoms with Gasteiger partial charge in [-0.1, -0.05) is 18.2 Å². The second kappa shape index (κ2) is 8.53. The molecule has 0 bridgehead atoms. The number of amides is 1. The summed E-state index contributed by atoms with van der Waals surface area (Å²) in [4.78, 5) is 18.2. The summed E-state index contributed by atoms with van der Waals surface area (Å²) >= 11 is 0. The molecule has 1 fully saturated rings. The molecule has 33 heavy (non-hydrogen) atoms. The molecule has 0 saturated carbocycles. The lowest BCUT2D eigenvalue weighted by Crippen LogP contribution is -2.26. The number of benzene rings is 2. The second-order valence-electron chi connectivity index (χ2n) is 7.67. The first kappa shape index (κ1) is 22.3. The van der Waals surface area contributed by atoms with Crippen LogP contribution in [0.3, 0.4) is 0 Å². The van der Waals surface area contributed by atoms with Crippen molar-refractivity contribution in [2.75, 3.05) is 29.0 Å². The Bertz CT molecular complexity index is 1230. The Balaban J connectivity index is 1.50. The van der Waals surface area contributed by atoms with Crippen LogP contribution in [0.5, 0.6) is 0 Å². The summed E-state index contributed by atoms with van der Waals surface area (Å²) < 4.78 is 54.5. The van der Waals surface area contributed by atoms with E-state index in [2.05, 4.69) is 10.3 Å². The third kappa shape index (κ3) is 4.64. The highest BCUT2D eigenvalue weighted by atomic mass is 19.3. The summed E-state index contributed by atoms with van der Waals surface area (Å²) in [5.41, 5.74) is 6.05. The van der Waals surface area contributed by atoms with E-state index in [1.807, 2.05) is 0 Å². The van der Waals surface area contributed by atoms with Gasteiger partial charge in [0.05, 0.1) is 18.4 Å². The first-order valence-electron chi connectivity index (χ1n) is 9.98. The largest absolute Gasteiger partial charge is 0.398 e. The van der Waals surface area contributed by atoms with Crippen molar-refractivity contribution in [1.29, 1.82) is 5.41 Å². The van der Waals surface area contributed by atoms with E-state index in [0.29, 0.717) is 5.82 Å². The summed E-state index contributed by atoms with van der Waals surface area (Å²) in [5, 5.41) is 10.7. The van der Waals surface area contributed by atoms with Gasteiger partial charge in [0, 0.05) is 29.8 Å². The van der Waals surface area contributed by atoms with E-state index in [4.69, 9.17) is 11.1 Å². The average Bonchev–Trinajstić information content (AvgIpc) is 3.16. The quantitative estimate of drug-likeness (QED) is 0.300. The van der Waals surface area contributed by atoms with E-state index in [0.717, 1.165) is 6.07 Å². The second-order valence-corrected chi connectivity index (χ2v) is 7.67. The lowest BCUT2D eigenvalue weighted by Gasteiger charge is -2.17. The van der Waals surface area contributed by atoms with Crippen molar-refractivity contribution in [3.05, 3.63) is 71.9 Å². The molecule has 0 unspecified atom stereocenters. The molecule has 1 amide bonds. The van der Waals surface area contributed by atoms with Crippen LogP contribution in [0.15, 0.2) is 54.7 Å². The number of nitrogens with zero attached hydrogens (tertiary/aromatic N) is 2. The SMILES string of the molecule is N=C(C(=O)Nc1ccc(N2CCC(F)(F)C2)nc1)c1cc(-c2cccc(F)c2F)ccc1N. The number of carbonyl (C=O) groups excluding carboxylic acids is 1. The third-order valence-electron chi connectivity index (χ3n) is 5.31. The molecule has 1 aromatic heterocycles. The van der Waals surface area contributed by atoms with E-state index in [1.54, 1.807) is 0 Å². The molecule has 3 aromatic rings. The maximum Gasteiger partial charge on any atom is 0.274 e. The predicted octanol–water partition coefficient (Wildman–Crippen LogP) is 4.46. The van der Waals surface area contributed by atoms with Crippen molar-refractivity contribution in [3.63, 3.8) is 0 Å². The molecule has 1 aliphatic heterocycles. The van der Waals surface area contributed by atoms with Crippen molar-refractivity contribution >= 4 is 28.8 Å². The van der Waals surface area contributed by atoms with Crippen molar-refractivity contribution in [1.82, 2.24) is 4.98 Å². The summed E-state index contributed by atoms with van der Waals surface area (Å²) in [5.74, 6) is -5.28. The number of anilines is 3. The molecular weight excluding hydrogens is 438 g/mol. The molecule has 0 radical (unpaired) electrons. The van der Waals surface area contributed by atoms with Crippen LogP contribution >= 0.6 is 0 Å². The molecule has 0 atom stereocenters. The topological polar surface area (TPSA) is 95.1 Å². The Hall–Kier alpha value is -3.95. The third-order valence-corrected chi connectivity index (χ3v) is 5.31. The fraction of sp³-hybridized carbons (Fsp3) is 0.174. The van der Waals surface area contributed by atoms with Gasteiger partial charge in [-0.25, -0.2) is 22.5 Å². The smallest absolute Gasteiger partial charge is 0.274 e. The highest BCUT2D eigenvalue weighted by molar-refractivity contribution is 6.48. The van der Waals surface area contributed by atoms with Gasteiger partial charge in [0.25, 0.3) is 11.8 Å². The minimum absolute atomic E-state index is 0.0308. The van der Waals surface area contributed by atoms with E-state index in [9.17, 15) is 22.4 Å². The fourth-order valence-corrected chi connectivity index (χ4v) is 3.56. The number of carbonyl (C=O) groups is 1. The van der Waals surface area contributed by atoms with Crippen LogP contribution in [0.25, 0.3) is 11.1 Å². The number of nitrogens with two attached hydrogens (primary N) is 1. The summed E-state index contributed by atoms with van der Waals surface area (Å²) in [6, 6.07) is 10.9. The molecule has 2 heterocycles. The molecule has 4 rings (SSSR count). The van der Waals surface area contributed by atoms with Crippen LogP contribution in [-0.4, -0.2) is 35.6 Å². The van der Waals surface area contributed by atoms with Gasteiger partial charge in [-0.15, -0.1) is 0 Å². The average molecular weight is 457 g/mol. The maximum absolute atomic E-state index is 14.2. The van der Waals surface area contributed by atoms with E-state index < -0.39 is 35.7 Å². The number of hydrogen-bond acceptors (Lipinski definition) is 5. The Kier molecular flexibility index (Phi) is 5.75. The van der Waals surface area contributed by atoms with Crippen LogP contribution in [-0.2, 0) is 4.79 Å². The van der Waals surface area contributed by atoms with Gasteiger partial charge >= 0.3 is 0 Å². The molecular formula is C23H19F4N5O. The predicted molar refractivity (Wildman–Crippen MR) is 118 cm³/mol. The van der Waals surface area contributed by atoms with Crippen LogP contribution in [0.1, 0.15) is 12.0 Å². The molecule has 170 valence electrons. The summed E-state index contributed by atoms with van der Waals surface area (Å²) in [6.07, 6.45) is 1.06. The molecule has 10 heteroatoms. The minimum Gasteiger partial charge on any atom is -0.398 e. The number of nitrogen functional groups attached to an aromatic ring is 1. The minimum atomic E-state index is -2.76. The van der Waals surface area contributed by atoms with Gasteiger partial charge in [-0.2, -0.15) is 0 Å². The van der Waals surface area contributed by atoms with Gasteiger partial charge in [-0.3, -0.25) is 10.2 Å². The van der Waals surface area contributed by atoms with Crippen molar-refractivity contribution in [2.45, 2.75) is 12.3 Å². The summed E-state index contributed by atoms with van der Waals surface area (Å²) in [6.45, 7) is -0.240. The normalized spacial score (nSPS) is 14.8. The van der Waals surface area contributed by atoms with Crippen LogP contribution < -0.4 is 16.0 Å². The van der Waals surface area contributed by atoms with Gasteiger partial charge < -0.3 is 16.0 Å². The fourth-order valence-electron chi connectivity index (χ4n) is 3.56. The van der Waals surface area contributed by atoms with E-state index in [-0.39, 0.29) is 41.0 Å². The zero-order valence-electron chi connectivity index (χ0n) is 17.2. The van der Waals surface area contributed by atoms with Gasteiger partial charge in [0.1, 0.15) is 11.5 Å². The Morgan fingerprint density at radius 2 is 1.94 bits per heavy atom. The number of nitrogens with one attached hydrogen (secondary N) is 2. The Morgan fingerprint density at radius 1 is 1.15 bits per heavy atom. The lowest BCUT2D eigenvalue weighted by molar-refractivity contribution is -0.110. The van der Waals surface area contributed by atoms with Gasteiger partial charge in [-0.05, 0) is 35.9 Å². The number of aromatic nitrogens is 1. The number of alkyl halides is 2. The van der Waals surface area contributed by atoms with Crippen molar-refractivity contribution in [2.24, 2.45) is 0 Å². The van der Waals surface area contributed by atoms with Gasteiger partial charge in [0.15, 0.2) is 11.6 Å². The summed E-state index contributed by atoms with van der Waals surface area (Å²) in [7, 11) is 0. The first-order chi connectivity index (χ1) is 15.6. The van der Waals surface area contributed by atoms with E-state index in [1.165, 1.54) is 53.6 Å².